The number of esters is 1. The maximum Gasteiger partial charge on any atom is 0.324 e. The highest BCUT2D eigenvalue weighted by atomic mass is 32.2. The highest BCUT2D eigenvalue weighted by molar-refractivity contribution is 7.89. The molecule has 9 heteroatoms. The van der Waals surface area contributed by atoms with Crippen molar-refractivity contribution < 1.29 is 27.5 Å². The van der Waals surface area contributed by atoms with Crippen LogP contribution in [0.1, 0.15) is 18.1 Å². The molecule has 0 saturated heterocycles. The van der Waals surface area contributed by atoms with E-state index in [1.807, 2.05) is 19.9 Å². The van der Waals surface area contributed by atoms with Crippen molar-refractivity contribution in [2.45, 2.75) is 31.7 Å². The average molecular weight is 420 g/mol. The molecule has 2 N–H and O–H groups in total. The molecular formula is C20H24N2O6S. The van der Waals surface area contributed by atoms with E-state index < -0.39 is 34.5 Å². The van der Waals surface area contributed by atoms with Gasteiger partial charge in [0.1, 0.15) is 11.8 Å². The summed E-state index contributed by atoms with van der Waals surface area (Å²) in [5.74, 6) is -0.873. The monoisotopic (exact) mass is 420 g/mol. The van der Waals surface area contributed by atoms with Crippen LogP contribution in [0.2, 0.25) is 0 Å². The quantitative estimate of drug-likeness (QED) is 0.633. The highest BCUT2D eigenvalue weighted by Crippen LogP contribution is 2.18. The van der Waals surface area contributed by atoms with Crippen molar-refractivity contribution in [3.05, 3.63) is 53.6 Å². The molecular weight excluding hydrogens is 396 g/mol. The molecule has 0 aliphatic rings. The predicted octanol–water partition coefficient (Wildman–Crippen LogP) is 2.16. The summed E-state index contributed by atoms with van der Waals surface area (Å²) < 4.78 is 36.9. The first-order valence-electron chi connectivity index (χ1n) is 8.83. The molecule has 0 spiro atoms. The third-order valence-corrected chi connectivity index (χ3v) is 5.84. The second-order valence-corrected chi connectivity index (χ2v) is 8.14. The van der Waals surface area contributed by atoms with E-state index in [9.17, 15) is 18.0 Å². The van der Waals surface area contributed by atoms with Gasteiger partial charge >= 0.3 is 5.97 Å². The number of hydrogen-bond acceptors (Lipinski definition) is 6. The number of benzene rings is 2. The van der Waals surface area contributed by atoms with E-state index in [-0.39, 0.29) is 4.90 Å². The van der Waals surface area contributed by atoms with Crippen LogP contribution in [0.4, 0.5) is 5.69 Å². The Kier molecular flexibility index (Phi) is 7.35. The van der Waals surface area contributed by atoms with Crippen LogP contribution in [-0.2, 0) is 24.3 Å². The van der Waals surface area contributed by atoms with Crippen molar-refractivity contribution in [2.75, 3.05) is 19.0 Å². The number of amides is 1. The second kappa shape index (κ2) is 9.53. The van der Waals surface area contributed by atoms with E-state index >= 15 is 0 Å². The van der Waals surface area contributed by atoms with Crippen LogP contribution in [0.15, 0.2) is 47.4 Å². The maximum absolute atomic E-state index is 12.4. The van der Waals surface area contributed by atoms with Crippen LogP contribution >= 0.6 is 0 Å². The standard InChI is InChI=1S/C20H24N2O6S/c1-13-6-5-7-18(14(13)2)21-19(23)12-28-20(24)15(3)22-29(25,26)17-10-8-16(27-4)9-11-17/h5-11,15,22H,12H2,1-4H3,(H,21,23)/t15-/m0/s1. The summed E-state index contributed by atoms with van der Waals surface area (Å²) in [6.07, 6.45) is 0. The number of carbonyl (C=O) groups is 2. The Morgan fingerprint density at radius 3 is 2.34 bits per heavy atom. The summed E-state index contributed by atoms with van der Waals surface area (Å²) in [5.41, 5.74) is 2.55. The van der Waals surface area contributed by atoms with Gasteiger partial charge < -0.3 is 14.8 Å². The van der Waals surface area contributed by atoms with E-state index in [0.717, 1.165) is 11.1 Å². The van der Waals surface area contributed by atoms with Gasteiger partial charge in [-0.05, 0) is 62.2 Å². The van der Waals surface area contributed by atoms with Crippen LogP contribution in [-0.4, -0.2) is 40.1 Å². The van der Waals surface area contributed by atoms with Gasteiger partial charge in [0.2, 0.25) is 10.0 Å². The molecule has 1 amide bonds. The van der Waals surface area contributed by atoms with Crippen molar-refractivity contribution in [3.8, 4) is 5.75 Å². The fraction of sp³-hybridized carbons (Fsp3) is 0.300. The Bertz CT molecular complexity index is 987. The summed E-state index contributed by atoms with van der Waals surface area (Å²) in [5, 5.41) is 2.66. The predicted molar refractivity (Wildman–Crippen MR) is 108 cm³/mol. The number of nitrogens with one attached hydrogen (secondary N) is 2. The zero-order valence-corrected chi connectivity index (χ0v) is 17.5. The van der Waals surface area contributed by atoms with E-state index in [1.165, 1.54) is 38.3 Å². The minimum Gasteiger partial charge on any atom is -0.497 e. The number of hydrogen-bond donors (Lipinski definition) is 2. The lowest BCUT2D eigenvalue weighted by molar-refractivity contribution is -0.148. The molecule has 2 aromatic carbocycles. The van der Waals surface area contributed by atoms with Gasteiger partial charge in [-0.1, -0.05) is 12.1 Å². The lowest BCUT2D eigenvalue weighted by Crippen LogP contribution is -2.40. The molecule has 0 aliphatic heterocycles. The van der Waals surface area contributed by atoms with Gasteiger partial charge in [-0.15, -0.1) is 0 Å². The van der Waals surface area contributed by atoms with Crippen LogP contribution in [0.25, 0.3) is 0 Å². The van der Waals surface area contributed by atoms with Crippen molar-refractivity contribution >= 4 is 27.6 Å². The van der Waals surface area contributed by atoms with E-state index in [4.69, 9.17) is 9.47 Å². The van der Waals surface area contributed by atoms with Gasteiger partial charge in [0.25, 0.3) is 5.91 Å². The third-order valence-electron chi connectivity index (χ3n) is 4.28. The number of carbonyl (C=O) groups excluding carboxylic acids is 2. The molecule has 0 radical (unpaired) electrons. The van der Waals surface area contributed by atoms with Gasteiger partial charge in [0, 0.05) is 5.69 Å². The van der Waals surface area contributed by atoms with Crippen molar-refractivity contribution in [2.24, 2.45) is 0 Å². The molecule has 2 aromatic rings. The minimum absolute atomic E-state index is 0.0226. The maximum atomic E-state index is 12.4. The molecule has 0 unspecified atom stereocenters. The Morgan fingerprint density at radius 1 is 1.07 bits per heavy atom. The third kappa shape index (κ3) is 6.03. The molecule has 0 saturated carbocycles. The fourth-order valence-electron chi connectivity index (χ4n) is 2.44. The zero-order chi connectivity index (χ0) is 21.6. The molecule has 1 atom stereocenters. The summed E-state index contributed by atoms with van der Waals surface area (Å²) in [4.78, 5) is 24.1. The SMILES string of the molecule is COc1ccc(S(=O)(=O)N[C@@H](C)C(=O)OCC(=O)Nc2cccc(C)c2C)cc1. The molecule has 0 heterocycles. The molecule has 0 bridgehead atoms. The summed E-state index contributed by atoms with van der Waals surface area (Å²) in [6, 6.07) is 10.0. The number of anilines is 1. The smallest absolute Gasteiger partial charge is 0.324 e. The fourth-order valence-corrected chi connectivity index (χ4v) is 3.63. The Balaban J connectivity index is 1.91. The normalized spacial score (nSPS) is 12.1. The lowest BCUT2D eigenvalue weighted by Gasteiger charge is -2.14. The highest BCUT2D eigenvalue weighted by Gasteiger charge is 2.24. The van der Waals surface area contributed by atoms with E-state index in [2.05, 4.69) is 10.0 Å². The summed E-state index contributed by atoms with van der Waals surface area (Å²) >= 11 is 0. The second-order valence-electron chi connectivity index (χ2n) is 6.42. The first kappa shape index (κ1) is 22.4. The van der Waals surface area contributed by atoms with Gasteiger partial charge in [-0.2, -0.15) is 4.72 Å². The van der Waals surface area contributed by atoms with E-state index in [1.54, 1.807) is 12.1 Å². The molecule has 2 rings (SSSR count). The number of aryl methyl sites for hydroxylation is 1. The zero-order valence-electron chi connectivity index (χ0n) is 16.7. The van der Waals surface area contributed by atoms with E-state index in [0.29, 0.717) is 11.4 Å². The van der Waals surface area contributed by atoms with Gasteiger partial charge in [0.05, 0.1) is 12.0 Å². The lowest BCUT2D eigenvalue weighted by atomic mass is 10.1. The Hall–Kier alpha value is -2.91. The number of methoxy groups -OCH3 is 1. The van der Waals surface area contributed by atoms with Crippen LogP contribution in [0.3, 0.4) is 0 Å². The summed E-state index contributed by atoms with van der Waals surface area (Å²) in [7, 11) is -2.47. The van der Waals surface area contributed by atoms with Gasteiger partial charge in [-0.25, -0.2) is 8.42 Å². The molecule has 29 heavy (non-hydrogen) atoms. The Morgan fingerprint density at radius 2 is 1.72 bits per heavy atom. The van der Waals surface area contributed by atoms with Gasteiger partial charge in [0.15, 0.2) is 6.61 Å². The van der Waals surface area contributed by atoms with Crippen LogP contribution in [0.5, 0.6) is 5.75 Å². The minimum atomic E-state index is -3.93. The Labute approximate surface area is 170 Å². The van der Waals surface area contributed by atoms with Crippen LogP contribution in [0, 0.1) is 13.8 Å². The molecule has 0 aromatic heterocycles. The topological polar surface area (TPSA) is 111 Å². The van der Waals surface area contributed by atoms with Gasteiger partial charge in [-0.3, -0.25) is 9.59 Å². The van der Waals surface area contributed by atoms with Crippen molar-refractivity contribution in [1.29, 1.82) is 0 Å². The number of ether oxygens (including phenoxy) is 2. The molecule has 8 nitrogen and oxygen atoms in total. The number of rotatable bonds is 8. The molecule has 0 fully saturated rings. The van der Waals surface area contributed by atoms with Crippen molar-refractivity contribution in [3.63, 3.8) is 0 Å². The first-order chi connectivity index (χ1) is 13.6. The van der Waals surface area contributed by atoms with Crippen LogP contribution < -0.4 is 14.8 Å². The molecule has 156 valence electrons. The first-order valence-corrected chi connectivity index (χ1v) is 10.3. The average Bonchev–Trinajstić information content (AvgIpc) is 2.69. The largest absolute Gasteiger partial charge is 0.497 e. The molecule has 0 aliphatic carbocycles. The summed E-state index contributed by atoms with van der Waals surface area (Å²) in [6.45, 7) is 4.60. The number of sulfonamides is 1. The van der Waals surface area contributed by atoms with Crippen molar-refractivity contribution in [1.82, 2.24) is 4.72 Å².